The zero-order valence-corrected chi connectivity index (χ0v) is 13.7. The average molecular weight is 302 g/mol. The molecule has 21 heavy (non-hydrogen) atoms. The second-order valence-electron chi connectivity index (χ2n) is 5.89. The first-order chi connectivity index (χ1) is 10.1. The Bertz CT molecular complexity index is 629. The Kier molecular flexibility index (Phi) is 3.85. The molecular formula is C16H22N4S. The Hall–Kier alpha value is -1.62. The molecule has 0 atom stereocenters. The number of nitrogens with zero attached hydrogens (tertiary/aromatic N) is 2. The molecule has 112 valence electrons. The van der Waals surface area contributed by atoms with Crippen LogP contribution in [0.2, 0.25) is 0 Å². The van der Waals surface area contributed by atoms with Crippen LogP contribution in [0.25, 0.3) is 11.0 Å². The highest BCUT2D eigenvalue weighted by Gasteiger charge is 2.24. The van der Waals surface area contributed by atoms with Gasteiger partial charge in [-0.3, -0.25) is 0 Å². The number of likely N-dealkylation sites (tertiary alicyclic amines) is 1. The molecule has 4 nitrogen and oxygen atoms in total. The van der Waals surface area contributed by atoms with Gasteiger partial charge in [0, 0.05) is 26.1 Å². The van der Waals surface area contributed by atoms with E-state index in [2.05, 4.69) is 41.2 Å². The number of H-pyrrole nitrogens is 1. The van der Waals surface area contributed by atoms with Crippen molar-refractivity contribution in [2.45, 2.75) is 32.6 Å². The van der Waals surface area contributed by atoms with Crippen molar-refractivity contribution in [3.63, 3.8) is 0 Å². The van der Waals surface area contributed by atoms with E-state index in [1.54, 1.807) is 0 Å². The number of benzene rings is 1. The van der Waals surface area contributed by atoms with Crippen molar-refractivity contribution >= 4 is 28.4 Å². The Morgan fingerprint density at radius 3 is 2.62 bits per heavy atom. The summed E-state index contributed by atoms with van der Waals surface area (Å²) in [5.41, 5.74) is 4.85. The maximum absolute atomic E-state index is 5.30. The van der Waals surface area contributed by atoms with Crippen molar-refractivity contribution in [1.29, 1.82) is 0 Å². The molecular weight excluding hydrogens is 280 g/mol. The van der Waals surface area contributed by atoms with E-state index >= 15 is 0 Å². The number of rotatable bonds is 1. The number of nitrogens with one attached hydrogen (secondary N) is 2. The number of fused-ring (bicyclic) bond motifs is 1. The molecule has 1 aliphatic heterocycles. The van der Waals surface area contributed by atoms with Crippen LogP contribution in [-0.2, 0) is 0 Å². The van der Waals surface area contributed by atoms with Gasteiger partial charge in [0.05, 0.1) is 11.0 Å². The lowest BCUT2D eigenvalue weighted by atomic mass is 9.96. The highest BCUT2D eigenvalue weighted by atomic mass is 32.1. The quantitative estimate of drug-likeness (QED) is 0.795. The van der Waals surface area contributed by atoms with Gasteiger partial charge in [0.25, 0.3) is 0 Å². The van der Waals surface area contributed by atoms with Crippen molar-refractivity contribution < 1.29 is 0 Å². The SMILES string of the molecule is CNC(=S)N1CCC(c2nc3cc(C)c(C)cc3[nH]2)CC1. The molecule has 1 saturated heterocycles. The van der Waals surface area contributed by atoms with Crippen LogP contribution in [0.4, 0.5) is 0 Å². The molecule has 2 N–H and O–H groups in total. The maximum atomic E-state index is 5.30. The number of aryl methyl sites for hydroxylation is 2. The van der Waals surface area contributed by atoms with E-state index in [0.29, 0.717) is 5.92 Å². The Morgan fingerprint density at radius 1 is 1.29 bits per heavy atom. The largest absolute Gasteiger partial charge is 0.366 e. The van der Waals surface area contributed by atoms with Crippen LogP contribution < -0.4 is 5.32 Å². The van der Waals surface area contributed by atoms with Crippen molar-refractivity contribution in [2.75, 3.05) is 20.1 Å². The third kappa shape index (κ3) is 2.75. The molecule has 1 fully saturated rings. The number of aromatic nitrogens is 2. The highest BCUT2D eigenvalue weighted by Crippen LogP contribution is 2.28. The first kappa shape index (κ1) is 14.3. The van der Waals surface area contributed by atoms with E-state index in [9.17, 15) is 0 Å². The maximum Gasteiger partial charge on any atom is 0.168 e. The van der Waals surface area contributed by atoms with Crippen LogP contribution in [-0.4, -0.2) is 40.1 Å². The lowest BCUT2D eigenvalue weighted by Gasteiger charge is -2.32. The molecule has 0 bridgehead atoms. The molecule has 0 radical (unpaired) electrons. The summed E-state index contributed by atoms with van der Waals surface area (Å²) in [6, 6.07) is 4.38. The fraction of sp³-hybridized carbons (Fsp3) is 0.500. The van der Waals surface area contributed by atoms with Crippen LogP contribution in [0.5, 0.6) is 0 Å². The first-order valence-electron chi connectivity index (χ1n) is 7.52. The molecule has 2 aromatic rings. The second-order valence-corrected chi connectivity index (χ2v) is 6.28. The summed E-state index contributed by atoms with van der Waals surface area (Å²) in [6.07, 6.45) is 2.19. The minimum atomic E-state index is 0.508. The lowest BCUT2D eigenvalue weighted by molar-refractivity contribution is 0.306. The molecule has 0 amide bonds. The van der Waals surface area contributed by atoms with Gasteiger partial charge in [0.1, 0.15) is 5.82 Å². The highest BCUT2D eigenvalue weighted by molar-refractivity contribution is 7.80. The van der Waals surface area contributed by atoms with Crippen LogP contribution in [0.3, 0.4) is 0 Å². The van der Waals surface area contributed by atoms with Crippen LogP contribution in [0.1, 0.15) is 35.7 Å². The third-order valence-corrected chi connectivity index (χ3v) is 4.96. The monoisotopic (exact) mass is 302 g/mol. The summed E-state index contributed by atoms with van der Waals surface area (Å²) < 4.78 is 0. The van der Waals surface area contributed by atoms with E-state index in [1.165, 1.54) is 11.1 Å². The topological polar surface area (TPSA) is 44.0 Å². The Morgan fingerprint density at radius 2 is 1.95 bits per heavy atom. The molecule has 0 aliphatic carbocycles. The molecule has 1 aliphatic rings. The van der Waals surface area contributed by atoms with E-state index in [1.807, 2.05) is 7.05 Å². The number of hydrogen-bond acceptors (Lipinski definition) is 2. The molecule has 1 aromatic carbocycles. The summed E-state index contributed by atoms with van der Waals surface area (Å²) in [4.78, 5) is 10.6. The number of imidazole rings is 1. The number of piperidine rings is 1. The van der Waals surface area contributed by atoms with E-state index in [-0.39, 0.29) is 0 Å². The molecule has 3 rings (SSSR count). The molecule has 2 heterocycles. The van der Waals surface area contributed by atoms with Gasteiger partial charge < -0.3 is 15.2 Å². The number of aromatic amines is 1. The van der Waals surface area contributed by atoms with Gasteiger partial charge >= 0.3 is 0 Å². The van der Waals surface area contributed by atoms with Crippen LogP contribution >= 0.6 is 12.2 Å². The summed E-state index contributed by atoms with van der Waals surface area (Å²) in [5, 5.41) is 3.91. The van der Waals surface area contributed by atoms with Gasteiger partial charge in [-0.1, -0.05) is 0 Å². The van der Waals surface area contributed by atoms with Crippen molar-refractivity contribution in [3.05, 3.63) is 29.1 Å². The van der Waals surface area contributed by atoms with Crippen molar-refractivity contribution in [3.8, 4) is 0 Å². The smallest absolute Gasteiger partial charge is 0.168 e. The normalized spacial score (nSPS) is 16.4. The number of hydrogen-bond donors (Lipinski definition) is 2. The Balaban J connectivity index is 1.78. The zero-order chi connectivity index (χ0) is 15.0. The fourth-order valence-electron chi connectivity index (χ4n) is 3.00. The summed E-state index contributed by atoms with van der Waals surface area (Å²) in [5.74, 6) is 1.64. The van der Waals surface area contributed by atoms with Gasteiger partial charge in [-0.15, -0.1) is 0 Å². The molecule has 1 aromatic heterocycles. The molecule has 0 unspecified atom stereocenters. The van der Waals surface area contributed by atoms with E-state index in [0.717, 1.165) is 47.9 Å². The van der Waals surface area contributed by atoms with Crippen molar-refractivity contribution in [1.82, 2.24) is 20.2 Å². The van der Waals surface area contributed by atoms with E-state index < -0.39 is 0 Å². The van der Waals surface area contributed by atoms with Gasteiger partial charge in [-0.25, -0.2) is 4.98 Å². The van der Waals surface area contributed by atoms with E-state index in [4.69, 9.17) is 17.2 Å². The fourth-order valence-corrected chi connectivity index (χ4v) is 3.18. The van der Waals surface area contributed by atoms with Gasteiger partial charge in [0.15, 0.2) is 5.11 Å². The predicted octanol–water partition coefficient (Wildman–Crippen LogP) is 2.86. The molecule has 5 heteroatoms. The zero-order valence-electron chi connectivity index (χ0n) is 12.9. The minimum Gasteiger partial charge on any atom is -0.366 e. The number of thiocarbonyl (C=S) groups is 1. The van der Waals surface area contributed by atoms with Crippen LogP contribution in [0.15, 0.2) is 12.1 Å². The molecule has 0 saturated carbocycles. The first-order valence-corrected chi connectivity index (χ1v) is 7.93. The van der Waals surface area contributed by atoms with Crippen molar-refractivity contribution in [2.24, 2.45) is 0 Å². The standard InChI is InChI=1S/C16H22N4S/c1-10-8-13-14(9-11(10)2)19-15(18-13)12-4-6-20(7-5-12)16(21)17-3/h8-9,12H,4-7H2,1-3H3,(H,17,21)(H,18,19). The lowest BCUT2D eigenvalue weighted by Crippen LogP contribution is -2.42. The summed E-state index contributed by atoms with van der Waals surface area (Å²) >= 11 is 5.30. The van der Waals surface area contributed by atoms with Gasteiger partial charge in [0.2, 0.25) is 0 Å². The third-order valence-electron chi connectivity index (χ3n) is 4.50. The average Bonchev–Trinajstić information content (AvgIpc) is 2.90. The van der Waals surface area contributed by atoms with Gasteiger partial charge in [-0.05, 0) is 62.2 Å². The predicted molar refractivity (Wildman–Crippen MR) is 90.8 cm³/mol. The Labute approximate surface area is 130 Å². The van der Waals surface area contributed by atoms with Gasteiger partial charge in [-0.2, -0.15) is 0 Å². The second kappa shape index (κ2) is 5.64. The van der Waals surface area contributed by atoms with Crippen LogP contribution in [0, 0.1) is 13.8 Å². The minimum absolute atomic E-state index is 0.508. The molecule has 0 spiro atoms. The summed E-state index contributed by atoms with van der Waals surface area (Å²) in [6.45, 7) is 6.28. The summed E-state index contributed by atoms with van der Waals surface area (Å²) in [7, 11) is 1.89.